The molecule has 2 aromatic rings. The number of likely N-dealkylation sites (N-methyl/N-ethyl adjacent to an activating group) is 1. The van der Waals surface area contributed by atoms with Crippen molar-refractivity contribution >= 4 is 17.3 Å². The topological polar surface area (TPSA) is 49.3 Å². The van der Waals surface area contributed by atoms with Gasteiger partial charge in [-0.3, -0.25) is 9.89 Å². The van der Waals surface area contributed by atoms with Gasteiger partial charge in [0.2, 0.25) is 0 Å². The first-order chi connectivity index (χ1) is 14.6. The number of hydrogen-bond donors (Lipinski definition) is 1. The largest absolute Gasteiger partial charge is 0.493 e. The number of rotatable bonds is 9. The Labute approximate surface area is 184 Å². The fraction of sp³-hybridized carbons (Fsp3) is 0.522. The summed E-state index contributed by atoms with van der Waals surface area (Å²) in [7, 11) is 5.43. The number of benzene rings is 1. The van der Waals surface area contributed by atoms with E-state index in [4.69, 9.17) is 14.5 Å². The Balaban J connectivity index is 1.52. The summed E-state index contributed by atoms with van der Waals surface area (Å²) in [6.07, 6.45) is 2.08. The lowest BCUT2D eigenvalue weighted by Gasteiger charge is -2.27. The van der Waals surface area contributed by atoms with Crippen LogP contribution in [-0.4, -0.2) is 69.8 Å². The van der Waals surface area contributed by atoms with Gasteiger partial charge in [0.1, 0.15) is 0 Å². The van der Waals surface area contributed by atoms with Gasteiger partial charge in [-0.1, -0.05) is 6.07 Å². The molecular weight excluding hydrogens is 396 g/mol. The molecule has 0 amide bonds. The van der Waals surface area contributed by atoms with Gasteiger partial charge in [-0.05, 0) is 54.5 Å². The molecule has 0 aliphatic carbocycles. The van der Waals surface area contributed by atoms with Crippen LogP contribution < -0.4 is 14.8 Å². The second kappa shape index (κ2) is 11.2. The molecule has 0 atom stereocenters. The van der Waals surface area contributed by atoms with E-state index in [1.807, 2.05) is 23.5 Å². The highest BCUT2D eigenvalue weighted by molar-refractivity contribution is 7.10. The van der Waals surface area contributed by atoms with Crippen LogP contribution in [-0.2, 0) is 19.4 Å². The van der Waals surface area contributed by atoms with Crippen molar-refractivity contribution in [1.29, 1.82) is 0 Å². The Hall–Kier alpha value is -2.25. The quantitative estimate of drug-likeness (QED) is 0.489. The van der Waals surface area contributed by atoms with Gasteiger partial charge in [0.05, 0.1) is 20.8 Å². The third-order valence-corrected chi connectivity index (χ3v) is 6.47. The van der Waals surface area contributed by atoms with Gasteiger partial charge in [-0.15, -0.1) is 11.3 Å². The molecule has 1 aliphatic heterocycles. The fourth-order valence-corrected chi connectivity index (χ4v) is 4.59. The van der Waals surface area contributed by atoms with Crippen molar-refractivity contribution in [2.75, 3.05) is 54.0 Å². The highest BCUT2D eigenvalue weighted by atomic mass is 32.1. The van der Waals surface area contributed by atoms with Crippen molar-refractivity contribution in [1.82, 2.24) is 15.1 Å². The van der Waals surface area contributed by atoms with Crippen molar-refractivity contribution in [3.05, 3.63) is 45.6 Å². The fourth-order valence-electron chi connectivity index (χ4n) is 3.70. The minimum atomic E-state index is 0.761. The summed E-state index contributed by atoms with van der Waals surface area (Å²) < 4.78 is 10.7. The SMILES string of the molecule is CCNC(=NCCN1CCc2sccc2C1)N(C)CCc1ccc(OC)c(OC)c1. The molecule has 0 fully saturated rings. The number of guanidine groups is 1. The van der Waals surface area contributed by atoms with E-state index in [2.05, 4.69) is 46.6 Å². The number of nitrogens with zero attached hydrogens (tertiary/aromatic N) is 3. The average molecular weight is 431 g/mol. The zero-order valence-corrected chi connectivity index (χ0v) is 19.4. The number of hydrogen-bond acceptors (Lipinski definition) is 5. The first-order valence-electron chi connectivity index (χ1n) is 10.6. The summed E-state index contributed by atoms with van der Waals surface area (Å²) in [5.41, 5.74) is 2.71. The second-order valence-corrected chi connectivity index (χ2v) is 8.49. The van der Waals surface area contributed by atoms with E-state index in [1.165, 1.54) is 17.5 Å². The van der Waals surface area contributed by atoms with Gasteiger partial charge in [0.15, 0.2) is 17.5 Å². The van der Waals surface area contributed by atoms with E-state index in [0.717, 1.165) is 63.1 Å². The third-order valence-electron chi connectivity index (χ3n) is 5.44. The van der Waals surface area contributed by atoms with Crippen LogP contribution in [0.5, 0.6) is 11.5 Å². The van der Waals surface area contributed by atoms with Crippen molar-refractivity contribution < 1.29 is 9.47 Å². The molecule has 0 saturated heterocycles. The van der Waals surface area contributed by atoms with E-state index in [9.17, 15) is 0 Å². The van der Waals surface area contributed by atoms with Crippen molar-refractivity contribution in [3.8, 4) is 11.5 Å². The summed E-state index contributed by atoms with van der Waals surface area (Å²) in [6, 6.07) is 8.37. The normalized spacial score (nSPS) is 14.3. The number of methoxy groups -OCH3 is 2. The molecule has 0 unspecified atom stereocenters. The Morgan fingerprint density at radius 2 is 2.07 bits per heavy atom. The molecule has 1 N–H and O–H groups in total. The van der Waals surface area contributed by atoms with Gasteiger partial charge in [0.25, 0.3) is 0 Å². The molecule has 30 heavy (non-hydrogen) atoms. The van der Waals surface area contributed by atoms with Gasteiger partial charge in [-0.25, -0.2) is 0 Å². The lowest BCUT2D eigenvalue weighted by atomic mass is 10.1. The summed E-state index contributed by atoms with van der Waals surface area (Å²) in [4.78, 5) is 11.1. The zero-order chi connectivity index (χ0) is 21.3. The standard InChI is InChI=1S/C23H34N4O2S/c1-5-24-23(25-11-14-27-13-9-22-19(17-27)10-15-30-22)26(2)12-8-18-6-7-20(28-3)21(16-18)29-4/h6-7,10,15-16H,5,8-9,11-14,17H2,1-4H3,(H,24,25). The Morgan fingerprint density at radius 1 is 1.23 bits per heavy atom. The first-order valence-corrected chi connectivity index (χ1v) is 11.5. The molecule has 1 aromatic heterocycles. The summed E-state index contributed by atoms with van der Waals surface area (Å²) in [6.45, 7) is 7.84. The second-order valence-electron chi connectivity index (χ2n) is 7.49. The minimum absolute atomic E-state index is 0.761. The third kappa shape index (κ3) is 5.89. The van der Waals surface area contributed by atoms with Gasteiger partial charge >= 0.3 is 0 Å². The highest BCUT2D eigenvalue weighted by Gasteiger charge is 2.16. The monoisotopic (exact) mass is 430 g/mol. The van der Waals surface area contributed by atoms with E-state index >= 15 is 0 Å². The Morgan fingerprint density at radius 3 is 2.83 bits per heavy atom. The molecule has 0 radical (unpaired) electrons. The molecule has 0 spiro atoms. The summed E-state index contributed by atoms with van der Waals surface area (Å²) >= 11 is 1.89. The number of aliphatic imine (C=N–C) groups is 1. The Bertz CT molecular complexity index is 836. The number of ether oxygens (including phenoxy) is 2. The minimum Gasteiger partial charge on any atom is -0.493 e. The van der Waals surface area contributed by atoms with Gasteiger partial charge < -0.3 is 19.7 Å². The smallest absolute Gasteiger partial charge is 0.193 e. The maximum Gasteiger partial charge on any atom is 0.193 e. The van der Waals surface area contributed by atoms with Crippen molar-refractivity contribution in [2.45, 2.75) is 26.3 Å². The molecule has 2 heterocycles. The molecule has 0 bridgehead atoms. The van der Waals surface area contributed by atoms with E-state index in [0.29, 0.717) is 0 Å². The molecular formula is C23H34N4O2S. The number of fused-ring (bicyclic) bond motifs is 1. The predicted molar refractivity (Wildman–Crippen MR) is 125 cm³/mol. The van der Waals surface area contributed by atoms with E-state index in [1.54, 1.807) is 19.1 Å². The van der Waals surface area contributed by atoms with E-state index in [-0.39, 0.29) is 0 Å². The van der Waals surface area contributed by atoms with Gasteiger partial charge in [0, 0.05) is 44.6 Å². The highest BCUT2D eigenvalue weighted by Crippen LogP contribution is 2.27. The average Bonchev–Trinajstić information content (AvgIpc) is 3.24. The van der Waals surface area contributed by atoms with E-state index < -0.39 is 0 Å². The van der Waals surface area contributed by atoms with Crippen LogP contribution in [0.25, 0.3) is 0 Å². The Kier molecular flexibility index (Phi) is 8.39. The van der Waals surface area contributed by atoms with Gasteiger partial charge in [-0.2, -0.15) is 0 Å². The molecule has 0 saturated carbocycles. The molecule has 6 nitrogen and oxygen atoms in total. The molecule has 1 aliphatic rings. The first kappa shape index (κ1) is 22.4. The number of nitrogens with one attached hydrogen (secondary N) is 1. The lowest BCUT2D eigenvalue weighted by molar-refractivity contribution is 0.263. The van der Waals surface area contributed by atoms with Crippen LogP contribution in [0.15, 0.2) is 34.6 Å². The van der Waals surface area contributed by atoms with Crippen LogP contribution >= 0.6 is 11.3 Å². The molecule has 3 rings (SSSR count). The number of thiophene rings is 1. The maximum atomic E-state index is 5.42. The van der Waals surface area contributed by atoms with Crippen LogP contribution in [0.2, 0.25) is 0 Å². The zero-order valence-electron chi connectivity index (χ0n) is 18.6. The van der Waals surface area contributed by atoms with Crippen LogP contribution in [0, 0.1) is 0 Å². The van der Waals surface area contributed by atoms with Crippen molar-refractivity contribution in [3.63, 3.8) is 0 Å². The summed E-state index contributed by atoms with van der Waals surface area (Å²) in [5, 5.41) is 5.63. The molecule has 7 heteroatoms. The molecule has 1 aromatic carbocycles. The van der Waals surface area contributed by atoms with Crippen LogP contribution in [0.4, 0.5) is 0 Å². The molecule has 164 valence electrons. The summed E-state index contributed by atoms with van der Waals surface area (Å²) in [5.74, 6) is 2.50. The lowest BCUT2D eigenvalue weighted by Crippen LogP contribution is -2.40. The van der Waals surface area contributed by atoms with Crippen molar-refractivity contribution in [2.24, 2.45) is 4.99 Å². The van der Waals surface area contributed by atoms with Crippen LogP contribution in [0.3, 0.4) is 0 Å². The maximum absolute atomic E-state index is 5.42. The predicted octanol–water partition coefficient (Wildman–Crippen LogP) is 3.26. The van der Waals surface area contributed by atoms with Crippen LogP contribution in [0.1, 0.15) is 22.9 Å².